The molecule has 0 spiro atoms. The molecule has 0 atom stereocenters. The smallest absolute Gasteiger partial charge is 0.224 e. The van der Waals surface area contributed by atoms with Crippen molar-refractivity contribution in [3.63, 3.8) is 0 Å². The molecule has 2 aromatic carbocycles. The first-order chi connectivity index (χ1) is 11.2. The van der Waals surface area contributed by atoms with Crippen molar-refractivity contribution >= 4 is 56.5 Å². The molecule has 0 radical (unpaired) electrons. The molecule has 0 saturated carbocycles. The normalized spacial score (nSPS) is 10.8. The molecule has 6 heteroatoms. The highest BCUT2D eigenvalue weighted by molar-refractivity contribution is 8.01. The van der Waals surface area contributed by atoms with Crippen molar-refractivity contribution in [3.8, 4) is 0 Å². The summed E-state index contributed by atoms with van der Waals surface area (Å²) in [5.74, 6) is 0.908. The lowest BCUT2D eigenvalue weighted by Crippen LogP contribution is -2.11. The molecule has 3 nitrogen and oxygen atoms in total. The predicted molar refractivity (Wildman–Crippen MR) is 99.7 cm³/mol. The SMILES string of the molecule is O=C(CCCSc1nc2ccccc2s1)Nc1ccc(Cl)cc1. The monoisotopic (exact) mass is 362 g/mol. The van der Waals surface area contributed by atoms with Crippen LogP contribution in [-0.4, -0.2) is 16.6 Å². The van der Waals surface area contributed by atoms with E-state index in [0.717, 1.165) is 27.7 Å². The number of thioether (sulfide) groups is 1. The molecular formula is C17H15ClN2OS2. The molecule has 23 heavy (non-hydrogen) atoms. The van der Waals surface area contributed by atoms with Gasteiger partial charge in [-0.15, -0.1) is 11.3 Å². The average molecular weight is 363 g/mol. The molecule has 1 amide bonds. The molecule has 1 heterocycles. The Kier molecular flexibility index (Phi) is 5.54. The number of fused-ring (bicyclic) bond motifs is 1. The van der Waals surface area contributed by atoms with Gasteiger partial charge in [0, 0.05) is 22.9 Å². The van der Waals surface area contributed by atoms with Gasteiger partial charge in [-0.05, 0) is 42.8 Å². The van der Waals surface area contributed by atoms with Gasteiger partial charge < -0.3 is 5.32 Å². The second kappa shape index (κ2) is 7.81. The van der Waals surface area contributed by atoms with Gasteiger partial charge >= 0.3 is 0 Å². The predicted octanol–water partition coefficient (Wildman–Crippen LogP) is 5.46. The van der Waals surface area contributed by atoms with E-state index in [1.165, 1.54) is 4.70 Å². The van der Waals surface area contributed by atoms with Gasteiger partial charge in [-0.25, -0.2) is 4.98 Å². The van der Waals surface area contributed by atoms with Crippen LogP contribution in [0.1, 0.15) is 12.8 Å². The quantitative estimate of drug-likeness (QED) is 0.467. The van der Waals surface area contributed by atoms with Crippen molar-refractivity contribution in [1.29, 1.82) is 0 Å². The largest absolute Gasteiger partial charge is 0.326 e. The Morgan fingerprint density at radius 3 is 2.74 bits per heavy atom. The highest BCUT2D eigenvalue weighted by atomic mass is 35.5. The van der Waals surface area contributed by atoms with Crippen LogP contribution in [0.25, 0.3) is 10.2 Å². The Labute approximate surface area is 148 Å². The third-order valence-electron chi connectivity index (χ3n) is 3.18. The lowest BCUT2D eigenvalue weighted by molar-refractivity contribution is -0.116. The minimum absolute atomic E-state index is 0.0252. The zero-order valence-corrected chi connectivity index (χ0v) is 14.7. The number of nitrogens with one attached hydrogen (secondary N) is 1. The maximum Gasteiger partial charge on any atom is 0.224 e. The number of carbonyl (C=O) groups excluding carboxylic acids is 1. The fourth-order valence-electron chi connectivity index (χ4n) is 2.06. The number of hydrogen-bond donors (Lipinski definition) is 1. The molecule has 3 aromatic rings. The molecule has 0 aliphatic rings. The lowest BCUT2D eigenvalue weighted by atomic mass is 10.3. The van der Waals surface area contributed by atoms with Crippen LogP contribution < -0.4 is 5.32 Å². The number of halogens is 1. The van der Waals surface area contributed by atoms with Crippen molar-refractivity contribution in [2.24, 2.45) is 0 Å². The molecule has 1 N–H and O–H groups in total. The van der Waals surface area contributed by atoms with Gasteiger partial charge in [0.2, 0.25) is 5.91 Å². The minimum atomic E-state index is 0.0252. The molecule has 0 fully saturated rings. The van der Waals surface area contributed by atoms with Crippen LogP contribution in [0.3, 0.4) is 0 Å². The fourth-order valence-corrected chi connectivity index (χ4v) is 4.27. The van der Waals surface area contributed by atoms with Crippen molar-refractivity contribution in [1.82, 2.24) is 4.98 Å². The number of aromatic nitrogens is 1. The van der Waals surface area contributed by atoms with Crippen molar-refractivity contribution < 1.29 is 4.79 Å². The Bertz CT molecular complexity index is 769. The average Bonchev–Trinajstić information content (AvgIpc) is 2.96. The Morgan fingerprint density at radius 1 is 1.17 bits per heavy atom. The molecule has 1 aromatic heterocycles. The Morgan fingerprint density at radius 2 is 1.96 bits per heavy atom. The van der Waals surface area contributed by atoms with E-state index in [9.17, 15) is 4.79 Å². The summed E-state index contributed by atoms with van der Waals surface area (Å²) in [5, 5.41) is 3.53. The van der Waals surface area contributed by atoms with Gasteiger partial charge in [-0.1, -0.05) is 35.5 Å². The number of anilines is 1. The van der Waals surface area contributed by atoms with E-state index in [2.05, 4.69) is 16.4 Å². The Balaban J connectivity index is 1.42. The van der Waals surface area contributed by atoms with E-state index in [1.807, 2.05) is 18.2 Å². The summed E-state index contributed by atoms with van der Waals surface area (Å²) >= 11 is 9.22. The number of nitrogens with zero attached hydrogens (tertiary/aromatic N) is 1. The summed E-state index contributed by atoms with van der Waals surface area (Å²) in [6, 6.07) is 15.3. The standard InChI is InChI=1S/C17H15ClN2OS2/c18-12-7-9-13(10-8-12)19-16(21)6-3-11-22-17-20-14-4-1-2-5-15(14)23-17/h1-2,4-5,7-10H,3,6,11H2,(H,19,21). The fraction of sp³-hybridized carbons (Fsp3) is 0.176. The summed E-state index contributed by atoms with van der Waals surface area (Å²) in [4.78, 5) is 16.5. The third-order valence-corrected chi connectivity index (χ3v) is 5.69. The van der Waals surface area contributed by atoms with Crippen LogP contribution in [0.5, 0.6) is 0 Å². The number of para-hydroxylation sites is 1. The second-order valence-corrected chi connectivity index (χ2v) is 7.76. The summed E-state index contributed by atoms with van der Waals surface area (Å²) < 4.78 is 2.26. The number of rotatable bonds is 6. The molecule has 0 unspecified atom stereocenters. The summed E-state index contributed by atoms with van der Waals surface area (Å²) in [5.41, 5.74) is 1.82. The van der Waals surface area contributed by atoms with Crippen LogP contribution in [0.2, 0.25) is 5.02 Å². The number of hydrogen-bond acceptors (Lipinski definition) is 4. The van der Waals surface area contributed by atoms with Gasteiger partial charge in [-0.3, -0.25) is 4.79 Å². The molecular weight excluding hydrogens is 348 g/mol. The highest BCUT2D eigenvalue weighted by Crippen LogP contribution is 2.29. The molecule has 0 saturated heterocycles. The van der Waals surface area contributed by atoms with Crippen LogP contribution in [-0.2, 0) is 4.79 Å². The van der Waals surface area contributed by atoms with E-state index in [-0.39, 0.29) is 5.91 Å². The Hall–Kier alpha value is -1.56. The minimum Gasteiger partial charge on any atom is -0.326 e. The summed E-state index contributed by atoms with van der Waals surface area (Å²) in [7, 11) is 0. The van der Waals surface area contributed by atoms with E-state index in [4.69, 9.17) is 11.6 Å². The van der Waals surface area contributed by atoms with Gasteiger partial charge in [0.1, 0.15) is 0 Å². The molecule has 118 valence electrons. The molecule has 0 bridgehead atoms. The van der Waals surface area contributed by atoms with Crippen molar-refractivity contribution in [2.75, 3.05) is 11.1 Å². The van der Waals surface area contributed by atoms with Gasteiger partial charge in [0.15, 0.2) is 4.34 Å². The number of carbonyl (C=O) groups is 1. The number of thiazole rings is 1. The zero-order valence-electron chi connectivity index (χ0n) is 12.3. The van der Waals surface area contributed by atoms with Gasteiger partial charge in [0.25, 0.3) is 0 Å². The van der Waals surface area contributed by atoms with E-state index in [0.29, 0.717) is 11.4 Å². The summed E-state index contributed by atoms with van der Waals surface area (Å²) in [6.45, 7) is 0. The number of benzene rings is 2. The first-order valence-electron chi connectivity index (χ1n) is 7.24. The topological polar surface area (TPSA) is 42.0 Å². The zero-order chi connectivity index (χ0) is 16.1. The molecule has 3 rings (SSSR count). The first-order valence-corrected chi connectivity index (χ1v) is 9.42. The maximum atomic E-state index is 11.9. The molecule has 0 aliphatic heterocycles. The second-order valence-electron chi connectivity index (χ2n) is 4.95. The summed E-state index contributed by atoms with van der Waals surface area (Å²) in [6.07, 6.45) is 1.32. The van der Waals surface area contributed by atoms with Crippen LogP contribution in [0, 0.1) is 0 Å². The van der Waals surface area contributed by atoms with E-state index in [1.54, 1.807) is 47.4 Å². The van der Waals surface area contributed by atoms with Gasteiger partial charge in [-0.2, -0.15) is 0 Å². The van der Waals surface area contributed by atoms with Gasteiger partial charge in [0.05, 0.1) is 10.2 Å². The van der Waals surface area contributed by atoms with Crippen molar-refractivity contribution in [3.05, 3.63) is 53.6 Å². The third kappa shape index (κ3) is 4.70. The van der Waals surface area contributed by atoms with Crippen LogP contribution in [0.15, 0.2) is 52.9 Å². The van der Waals surface area contributed by atoms with E-state index < -0.39 is 0 Å². The van der Waals surface area contributed by atoms with E-state index >= 15 is 0 Å². The lowest BCUT2D eigenvalue weighted by Gasteiger charge is -2.04. The first kappa shape index (κ1) is 16.3. The number of amides is 1. The molecule has 0 aliphatic carbocycles. The van der Waals surface area contributed by atoms with Crippen LogP contribution in [0.4, 0.5) is 5.69 Å². The van der Waals surface area contributed by atoms with Crippen LogP contribution >= 0.6 is 34.7 Å². The van der Waals surface area contributed by atoms with Crippen molar-refractivity contribution in [2.45, 2.75) is 17.2 Å². The maximum absolute atomic E-state index is 11.9. The highest BCUT2D eigenvalue weighted by Gasteiger charge is 2.05.